The molecule has 1 aliphatic carbocycles. The van der Waals surface area contributed by atoms with Gasteiger partial charge in [0.15, 0.2) is 0 Å². The SMILES string of the molecule is CO[C@H]1[C@H](NC(=O)c2ccc3ccccc3n2)c2ccccc2C12CCNCC2. The van der Waals surface area contributed by atoms with E-state index in [1.165, 1.54) is 5.56 Å². The molecular weight excluding hydrogens is 362 g/mol. The first kappa shape index (κ1) is 18.3. The van der Waals surface area contributed by atoms with Gasteiger partial charge in [-0.3, -0.25) is 4.79 Å². The maximum absolute atomic E-state index is 13.1. The van der Waals surface area contributed by atoms with E-state index in [0.29, 0.717) is 5.69 Å². The monoisotopic (exact) mass is 387 g/mol. The number of ether oxygens (including phenoxy) is 1. The molecule has 0 saturated carbocycles. The Morgan fingerprint density at radius 3 is 2.66 bits per heavy atom. The summed E-state index contributed by atoms with van der Waals surface area (Å²) in [6.45, 7) is 1.92. The first-order valence-electron chi connectivity index (χ1n) is 10.2. The highest BCUT2D eigenvalue weighted by Crippen LogP contribution is 2.51. The number of hydrogen-bond acceptors (Lipinski definition) is 4. The van der Waals surface area contributed by atoms with Crippen molar-refractivity contribution in [2.24, 2.45) is 0 Å². The minimum absolute atomic E-state index is 0.0641. The van der Waals surface area contributed by atoms with Crippen molar-refractivity contribution in [1.29, 1.82) is 0 Å². The lowest BCUT2D eigenvalue weighted by atomic mass is 9.72. The second-order valence-corrected chi connectivity index (χ2v) is 7.99. The maximum atomic E-state index is 13.1. The van der Waals surface area contributed by atoms with Crippen molar-refractivity contribution in [3.8, 4) is 0 Å². The third-order valence-corrected chi connectivity index (χ3v) is 6.55. The second kappa shape index (κ2) is 7.25. The second-order valence-electron chi connectivity index (χ2n) is 7.99. The van der Waals surface area contributed by atoms with Gasteiger partial charge in [0.25, 0.3) is 5.91 Å². The molecule has 5 heteroatoms. The summed E-state index contributed by atoms with van der Waals surface area (Å²) in [6.07, 6.45) is 1.91. The highest BCUT2D eigenvalue weighted by molar-refractivity contribution is 5.95. The van der Waals surface area contributed by atoms with E-state index in [1.807, 2.05) is 36.4 Å². The molecule has 5 nitrogen and oxygen atoms in total. The summed E-state index contributed by atoms with van der Waals surface area (Å²) in [5, 5.41) is 7.73. The number of fused-ring (bicyclic) bond motifs is 3. The molecule has 2 aliphatic rings. The van der Waals surface area contributed by atoms with Crippen LogP contribution < -0.4 is 10.6 Å². The number of carbonyl (C=O) groups is 1. The van der Waals surface area contributed by atoms with E-state index >= 15 is 0 Å². The fourth-order valence-corrected chi connectivity index (χ4v) is 5.21. The Hall–Kier alpha value is -2.76. The predicted molar refractivity (Wildman–Crippen MR) is 113 cm³/mol. The Morgan fingerprint density at radius 1 is 1.07 bits per heavy atom. The molecule has 1 fully saturated rings. The molecule has 1 amide bonds. The van der Waals surface area contributed by atoms with Crippen molar-refractivity contribution in [2.75, 3.05) is 20.2 Å². The van der Waals surface area contributed by atoms with Gasteiger partial charge < -0.3 is 15.4 Å². The zero-order valence-electron chi connectivity index (χ0n) is 16.5. The molecular formula is C24H25N3O2. The molecule has 1 aromatic heterocycles. The van der Waals surface area contributed by atoms with Crippen molar-refractivity contribution in [3.05, 3.63) is 77.5 Å². The van der Waals surface area contributed by atoms with Crippen LogP contribution >= 0.6 is 0 Å². The van der Waals surface area contributed by atoms with Crippen LogP contribution in [0.15, 0.2) is 60.7 Å². The van der Waals surface area contributed by atoms with Crippen molar-refractivity contribution in [3.63, 3.8) is 0 Å². The Labute approximate surface area is 170 Å². The lowest BCUT2D eigenvalue weighted by Gasteiger charge is -2.40. The van der Waals surface area contributed by atoms with E-state index < -0.39 is 0 Å². The van der Waals surface area contributed by atoms with Crippen LogP contribution in [0.3, 0.4) is 0 Å². The number of amides is 1. The Morgan fingerprint density at radius 2 is 1.83 bits per heavy atom. The van der Waals surface area contributed by atoms with Crippen LogP contribution in [0, 0.1) is 0 Å². The number of benzene rings is 2. The Kier molecular flexibility index (Phi) is 4.57. The third-order valence-electron chi connectivity index (χ3n) is 6.55. The molecule has 0 radical (unpaired) electrons. The molecule has 2 aromatic carbocycles. The zero-order chi connectivity index (χ0) is 19.8. The largest absolute Gasteiger partial charge is 0.378 e. The van der Waals surface area contributed by atoms with E-state index in [-0.39, 0.29) is 23.5 Å². The molecule has 3 aromatic rings. The van der Waals surface area contributed by atoms with Crippen LogP contribution in [0.4, 0.5) is 0 Å². The average molecular weight is 387 g/mol. The first-order valence-corrected chi connectivity index (χ1v) is 10.2. The van der Waals surface area contributed by atoms with E-state index in [0.717, 1.165) is 42.4 Å². The van der Waals surface area contributed by atoms with Crippen LogP contribution in [0.5, 0.6) is 0 Å². The molecule has 5 rings (SSSR count). The topological polar surface area (TPSA) is 63.2 Å². The summed E-state index contributed by atoms with van der Waals surface area (Å²) in [5.41, 5.74) is 3.67. The summed E-state index contributed by atoms with van der Waals surface area (Å²) in [7, 11) is 1.76. The van der Waals surface area contributed by atoms with E-state index in [4.69, 9.17) is 4.74 Å². The van der Waals surface area contributed by atoms with Crippen molar-refractivity contribution < 1.29 is 9.53 Å². The van der Waals surface area contributed by atoms with Gasteiger partial charge in [-0.1, -0.05) is 48.5 Å². The lowest BCUT2D eigenvalue weighted by molar-refractivity contribution is 0.00392. The number of methoxy groups -OCH3 is 1. The average Bonchev–Trinajstić information content (AvgIpc) is 3.02. The number of pyridine rings is 1. The number of aromatic nitrogens is 1. The number of carbonyl (C=O) groups excluding carboxylic acids is 1. The zero-order valence-corrected chi connectivity index (χ0v) is 16.5. The van der Waals surface area contributed by atoms with Crippen molar-refractivity contribution >= 4 is 16.8 Å². The standard InChI is InChI=1S/C24H25N3O2/c1-29-22-21(17-7-3-4-8-18(17)24(22)12-14-25-15-13-24)27-23(28)20-11-10-16-6-2-5-9-19(16)26-20/h2-11,21-22,25H,12-15H2,1H3,(H,27,28)/t21-,22+/m1/s1. The van der Waals surface area contributed by atoms with E-state index in [9.17, 15) is 4.79 Å². The van der Waals surface area contributed by atoms with Gasteiger partial charge in [-0.15, -0.1) is 0 Å². The molecule has 0 unspecified atom stereocenters. The highest BCUT2D eigenvalue weighted by atomic mass is 16.5. The molecule has 1 aliphatic heterocycles. The third kappa shape index (κ3) is 2.93. The minimum atomic E-state index is -0.185. The van der Waals surface area contributed by atoms with Gasteiger partial charge in [0.2, 0.25) is 0 Å². The Balaban J connectivity index is 1.50. The molecule has 2 heterocycles. The van der Waals surface area contributed by atoms with Crippen LogP contribution in [-0.2, 0) is 10.2 Å². The van der Waals surface area contributed by atoms with Crippen molar-refractivity contribution in [2.45, 2.75) is 30.4 Å². The predicted octanol–water partition coefficient (Wildman–Crippen LogP) is 3.36. The molecule has 0 bridgehead atoms. The summed E-state index contributed by atoms with van der Waals surface area (Å²) >= 11 is 0. The summed E-state index contributed by atoms with van der Waals surface area (Å²) in [5.74, 6) is -0.163. The molecule has 1 saturated heterocycles. The fraction of sp³-hybridized carbons (Fsp3) is 0.333. The number of nitrogens with one attached hydrogen (secondary N) is 2. The van der Waals surface area contributed by atoms with Crippen LogP contribution in [0.1, 0.15) is 40.5 Å². The number of piperidine rings is 1. The number of para-hydroxylation sites is 1. The highest BCUT2D eigenvalue weighted by Gasteiger charge is 2.53. The summed E-state index contributed by atoms with van der Waals surface area (Å²) < 4.78 is 6.04. The van der Waals surface area contributed by atoms with Crippen LogP contribution in [0.25, 0.3) is 10.9 Å². The van der Waals surface area contributed by atoms with Gasteiger partial charge in [-0.05, 0) is 49.2 Å². The minimum Gasteiger partial charge on any atom is -0.378 e. The van der Waals surface area contributed by atoms with Gasteiger partial charge in [-0.25, -0.2) is 4.98 Å². The maximum Gasteiger partial charge on any atom is 0.270 e. The molecule has 2 atom stereocenters. The summed E-state index contributed by atoms with van der Waals surface area (Å²) in [6, 6.07) is 19.8. The number of rotatable bonds is 3. The normalized spacial score (nSPS) is 22.5. The Bertz CT molecular complexity index is 1060. The van der Waals surface area contributed by atoms with Gasteiger partial charge in [-0.2, -0.15) is 0 Å². The first-order chi connectivity index (χ1) is 14.2. The quantitative estimate of drug-likeness (QED) is 0.723. The van der Waals surface area contributed by atoms with Gasteiger partial charge in [0, 0.05) is 17.9 Å². The van der Waals surface area contributed by atoms with Gasteiger partial charge in [0.05, 0.1) is 17.7 Å². The van der Waals surface area contributed by atoms with E-state index in [2.05, 4.69) is 33.8 Å². The molecule has 148 valence electrons. The van der Waals surface area contributed by atoms with E-state index in [1.54, 1.807) is 13.2 Å². The lowest BCUT2D eigenvalue weighted by Crippen LogP contribution is -2.49. The molecule has 29 heavy (non-hydrogen) atoms. The van der Waals surface area contributed by atoms with Crippen LogP contribution in [-0.4, -0.2) is 37.2 Å². The smallest absolute Gasteiger partial charge is 0.270 e. The molecule has 1 spiro atoms. The number of nitrogens with zero attached hydrogens (tertiary/aromatic N) is 1. The molecule has 2 N–H and O–H groups in total. The fourth-order valence-electron chi connectivity index (χ4n) is 5.21. The van der Waals surface area contributed by atoms with Gasteiger partial charge >= 0.3 is 0 Å². The van der Waals surface area contributed by atoms with Crippen molar-refractivity contribution in [1.82, 2.24) is 15.6 Å². The summed E-state index contributed by atoms with van der Waals surface area (Å²) in [4.78, 5) is 17.7. The van der Waals surface area contributed by atoms with Gasteiger partial charge in [0.1, 0.15) is 5.69 Å². The number of hydrogen-bond donors (Lipinski definition) is 2. The van der Waals surface area contributed by atoms with Crippen LogP contribution in [0.2, 0.25) is 0 Å².